The Bertz CT molecular complexity index is 253. The molecule has 0 heterocycles. The third kappa shape index (κ3) is 5.82. The number of hydrogen-bond donors (Lipinski definition) is 1. The number of ether oxygens (including phenoxy) is 1. The third-order valence-corrected chi connectivity index (χ3v) is 2.78. The van der Waals surface area contributed by atoms with E-state index in [4.69, 9.17) is 10.5 Å². The predicted octanol–water partition coefficient (Wildman–Crippen LogP) is 2.28. The topological polar surface area (TPSA) is 35.2 Å². The molecule has 1 aromatic rings. The van der Waals surface area contributed by atoms with Crippen LogP contribution < -0.4 is 5.73 Å². The summed E-state index contributed by atoms with van der Waals surface area (Å²) in [6.45, 7) is 1.31. The van der Waals surface area contributed by atoms with E-state index < -0.39 is 0 Å². The summed E-state index contributed by atoms with van der Waals surface area (Å²) in [6.07, 6.45) is 3.12. The van der Waals surface area contributed by atoms with E-state index in [0.29, 0.717) is 13.2 Å². The van der Waals surface area contributed by atoms with Gasteiger partial charge in [-0.2, -0.15) is 11.8 Å². The Morgan fingerprint density at radius 2 is 2.07 bits per heavy atom. The summed E-state index contributed by atoms with van der Waals surface area (Å²) in [4.78, 5) is 0. The maximum Gasteiger partial charge on any atom is 0.0717 e. The van der Waals surface area contributed by atoms with Gasteiger partial charge in [0.2, 0.25) is 0 Å². The maximum atomic E-state index is 5.89. The van der Waals surface area contributed by atoms with Gasteiger partial charge in [-0.05, 0) is 24.0 Å². The van der Waals surface area contributed by atoms with Crippen LogP contribution in [-0.4, -0.2) is 24.7 Å². The first kappa shape index (κ1) is 12.6. The quantitative estimate of drug-likeness (QED) is 0.773. The normalized spacial score (nSPS) is 12.7. The van der Waals surface area contributed by atoms with Crippen LogP contribution in [0.5, 0.6) is 0 Å². The first-order valence-electron chi connectivity index (χ1n) is 5.19. The molecule has 84 valence electrons. The van der Waals surface area contributed by atoms with Gasteiger partial charge in [-0.15, -0.1) is 0 Å². The highest BCUT2D eigenvalue weighted by atomic mass is 32.2. The van der Waals surface area contributed by atoms with Gasteiger partial charge >= 0.3 is 0 Å². The molecule has 1 rings (SSSR count). The molecule has 0 aliphatic heterocycles. The number of rotatable bonds is 7. The van der Waals surface area contributed by atoms with Crippen LogP contribution >= 0.6 is 11.8 Å². The van der Waals surface area contributed by atoms with Crippen molar-refractivity contribution in [3.8, 4) is 0 Å². The minimum absolute atomic E-state index is 0.168. The first-order valence-corrected chi connectivity index (χ1v) is 6.58. The van der Waals surface area contributed by atoms with Crippen molar-refractivity contribution in [1.82, 2.24) is 0 Å². The van der Waals surface area contributed by atoms with Gasteiger partial charge in [-0.3, -0.25) is 0 Å². The lowest BCUT2D eigenvalue weighted by Gasteiger charge is -2.11. The number of nitrogens with two attached hydrogens (primary N) is 1. The van der Waals surface area contributed by atoms with Gasteiger partial charge in [0, 0.05) is 6.04 Å². The lowest BCUT2D eigenvalue weighted by molar-refractivity contribution is 0.107. The Kier molecular flexibility index (Phi) is 6.48. The molecule has 0 spiro atoms. The minimum Gasteiger partial charge on any atom is -0.375 e. The summed E-state index contributed by atoms with van der Waals surface area (Å²) in [5.74, 6) is 1.11. The Morgan fingerprint density at radius 1 is 1.33 bits per heavy atom. The van der Waals surface area contributed by atoms with E-state index in [1.54, 1.807) is 0 Å². The molecule has 0 amide bonds. The molecule has 15 heavy (non-hydrogen) atoms. The molecule has 0 aromatic heterocycles. The molecule has 0 aliphatic rings. The van der Waals surface area contributed by atoms with E-state index in [0.717, 1.165) is 12.2 Å². The van der Waals surface area contributed by atoms with Crippen LogP contribution in [0.25, 0.3) is 0 Å². The van der Waals surface area contributed by atoms with Gasteiger partial charge in [0.15, 0.2) is 0 Å². The zero-order valence-electron chi connectivity index (χ0n) is 9.19. The molecule has 0 fully saturated rings. The molecule has 1 aromatic carbocycles. The summed E-state index contributed by atoms with van der Waals surface area (Å²) in [7, 11) is 0. The van der Waals surface area contributed by atoms with Gasteiger partial charge in [0.1, 0.15) is 0 Å². The Morgan fingerprint density at radius 3 is 2.73 bits per heavy atom. The fourth-order valence-electron chi connectivity index (χ4n) is 1.25. The van der Waals surface area contributed by atoms with E-state index >= 15 is 0 Å². The molecular weight excluding hydrogens is 206 g/mol. The van der Waals surface area contributed by atoms with Crippen molar-refractivity contribution >= 4 is 11.8 Å². The van der Waals surface area contributed by atoms with Crippen LogP contribution in [0.2, 0.25) is 0 Å². The fraction of sp³-hybridized carbons (Fsp3) is 0.500. The van der Waals surface area contributed by atoms with E-state index in [2.05, 4.69) is 18.4 Å². The average Bonchev–Trinajstić information content (AvgIpc) is 2.28. The zero-order valence-corrected chi connectivity index (χ0v) is 10.0. The minimum atomic E-state index is 0.168. The van der Waals surface area contributed by atoms with Crippen molar-refractivity contribution < 1.29 is 4.74 Å². The highest BCUT2D eigenvalue weighted by Crippen LogP contribution is 2.03. The van der Waals surface area contributed by atoms with Crippen LogP contribution in [0.1, 0.15) is 12.0 Å². The van der Waals surface area contributed by atoms with E-state index in [-0.39, 0.29) is 6.04 Å². The Labute approximate surface area is 96.2 Å². The van der Waals surface area contributed by atoms with Crippen molar-refractivity contribution in [1.29, 1.82) is 0 Å². The van der Waals surface area contributed by atoms with Crippen LogP contribution in [0.4, 0.5) is 0 Å². The van der Waals surface area contributed by atoms with Crippen LogP contribution in [0.3, 0.4) is 0 Å². The zero-order chi connectivity index (χ0) is 10.9. The van der Waals surface area contributed by atoms with E-state index in [9.17, 15) is 0 Å². The highest BCUT2D eigenvalue weighted by molar-refractivity contribution is 7.98. The van der Waals surface area contributed by atoms with E-state index in [1.165, 1.54) is 5.56 Å². The highest BCUT2D eigenvalue weighted by Gasteiger charge is 2.01. The van der Waals surface area contributed by atoms with Crippen LogP contribution in [-0.2, 0) is 11.3 Å². The SMILES string of the molecule is CSCCC(N)COCc1ccccc1. The number of benzene rings is 1. The summed E-state index contributed by atoms with van der Waals surface area (Å²) < 4.78 is 5.54. The molecule has 2 nitrogen and oxygen atoms in total. The van der Waals surface area contributed by atoms with Gasteiger partial charge in [-0.25, -0.2) is 0 Å². The van der Waals surface area contributed by atoms with Gasteiger partial charge in [0.25, 0.3) is 0 Å². The smallest absolute Gasteiger partial charge is 0.0717 e. The molecule has 0 bridgehead atoms. The summed E-state index contributed by atoms with van der Waals surface area (Å²) >= 11 is 1.82. The van der Waals surface area contributed by atoms with Crippen molar-refractivity contribution in [2.45, 2.75) is 19.1 Å². The lowest BCUT2D eigenvalue weighted by atomic mass is 10.2. The van der Waals surface area contributed by atoms with Crippen molar-refractivity contribution in [2.75, 3.05) is 18.6 Å². The third-order valence-electron chi connectivity index (χ3n) is 2.14. The lowest BCUT2D eigenvalue weighted by Crippen LogP contribution is -2.26. The van der Waals surface area contributed by atoms with Gasteiger partial charge < -0.3 is 10.5 Å². The molecule has 3 heteroatoms. The molecule has 0 aliphatic carbocycles. The van der Waals surface area contributed by atoms with Gasteiger partial charge in [0.05, 0.1) is 13.2 Å². The van der Waals surface area contributed by atoms with Crippen molar-refractivity contribution in [3.63, 3.8) is 0 Å². The number of hydrogen-bond acceptors (Lipinski definition) is 3. The molecule has 0 saturated heterocycles. The van der Waals surface area contributed by atoms with Crippen molar-refractivity contribution in [3.05, 3.63) is 35.9 Å². The standard InChI is InChI=1S/C12H19NOS/c1-15-8-7-12(13)10-14-9-11-5-3-2-4-6-11/h2-6,12H,7-10,13H2,1H3. The predicted molar refractivity (Wildman–Crippen MR) is 67.1 cm³/mol. The largest absolute Gasteiger partial charge is 0.375 e. The monoisotopic (exact) mass is 225 g/mol. The second-order valence-corrected chi connectivity index (χ2v) is 4.53. The molecular formula is C12H19NOS. The Balaban J connectivity index is 2.11. The second kappa shape index (κ2) is 7.74. The van der Waals surface area contributed by atoms with Crippen LogP contribution in [0, 0.1) is 0 Å². The molecule has 0 radical (unpaired) electrons. The first-order chi connectivity index (χ1) is 7.33. The summed E-state index contributed by atoms with van der Waals surface area (Å²) in [5, 5.41) is 0. The summed E-state index contributed by atoms with van der Waals surface area (Å²) in [6, 6.07) is 10.3. The fourth-order valence-corrected chi connectivity index (χ4v) is 1.79. The Hall–Kier alpha value is -0.510. The maximum absolute atomic E-state index is 5.89. The average molecular weight is 225 g/mol. The van der Waals surface area contributed by atoms with Gasteiger partial charge in [-0.1, -0.05) is 30.3 Å². The molecule has 1 atom stereocenters. The number of thioether (sulfide) groups is 1. The van der Waals surface area contributed by atoms with E-state index in [1.807, 2.05) is 30.0 Å². The molecule has 1 unspecified atom stereocenters. The molecule has 2 N–H and O–H groups in total. The molecule has 0 saturated carbocycles. The van der Waals surface area contributed by atoms with Crippen LogP contribution in [0.15, 0.2) is 30.3 Å². The second-order valence-electron chi connectivity index (χ2n) is 3.54. The van der Waals surface area contributed by atoms with Crippen molar-refractivity contribution in [2.24, 2.45) is 5.73 Å². The summed E-state index contributed by atoms with van der Waals surface area (Å²) in [5.41, 5.74) is 7.09.